The Morgan fingerprint density at radius 3 is 2.41 bits per heavy atom. The summed E-state index contributed by atoms with van der Waals surface area (Å²) in [6.07, 6.45) is 3.16. The van der Waals surface area contributed by atoms with Crippen molar-refractivity contribution in [3.05, 3.63) is 60.4 Å². The maximum absolute atomic E-state index is 11.0. The fourth-order valence-electron chi connectivity index (χ4n) is 1.54. The van der Waals surface area contributed by atoms with Crippen molar-refractivity contribution in [3.8, 4) is 0 Å². The number of nitrogens with zero attached hydrogens (tertiary/aromatic N) is 1. The van der Waals surface area contributed by atoms with Crippen LogP contribution in [0.2, 0.25) is 0 Å². The Balaban J connectivity index is 2.29. The largest absolute Gasteiger partial charge is 0.300 e. The van der Waals surface area contributed by atoms with E-state index in [2.05, 4.69) is 0 Å². The third kappa shape index (κ3) is 3.12. The number of pyridine rings is 1. The lowest BCUT2D eigenvalue weighted by atomic mass is 10.2. The van der Waals surface area contributed by atoms with E-state index >= 15 is 0 Å². The molecule has 1 heterocycles. The third-order valence-corrected chi connectivity index (χ3v) is 3.17. The first kappa shape index (κ1) is 11.8. The Labute approximate surface area is 99.9 Å². The minimum Gasteiger partial charge on any atom is -0.282 e. The van der Waals surface area contributed by atoms with Crippen LogP contribution in [0, 0.1) is 0 Å². The van der Waals surface area contributed by atoms with Crippen molar-refractivity contribution in [2.75, 3.05) is 0 Å². The van der Waals surface area contributed by atoms with Crippen LogP contribution in [0.4, 0.5) is 0 Å². The second kappa shape index (κ2) is 4.65. The van der Waals surface area contributed by atoms with Gasteiger partial charge in [0.1, 0.15) is 0 Å². The van der Waals surface area contributed by atoms with E-state index in [1.54, 1.807) is 16.8 Å². The van der Waals surface area contributed by atoms with Crippen molar-refractivity contribution in [1.29, 1.82) is 0 Å². The van der Waals surface area contributed by atoms with Crippen LogP contribution in [0.5, 0.6) is 0 Å². The zero-order valence-electron chi connectivity index (χ0n) is 9.02. The summed E-state index contributed by atoms with van der Waals surface area (Å²) in [7, 11) is -4.14. The number of hydrogen-bond donors (Lipinski definition) is 1. The number of hydrogen-bond acceptors (Lipinski definition) is 2. The highest BCUT2D eigenvalue weighted by molar-refractivity contribution is 7.85. The molecule has 4 nitrogen and oxygen atoms in total. The van der Waals surface area contributed by atoms with E-state index < -0.39 is 10.1 Å². The lowest BCUT2D eigenvalue weighted by Crippen LogP contribution is -2.34. The molecule has 0 saturated heterocycles. The van der Waals surface area contributed by atoms with Gasteiger partial charge in [0, 0.05) is 11.6 Å². The number of rotatable bonds is 3. The third-order valence-electron chi connectivity index (χ3n) is 2.34. The maximum Gasteiger partial charge on any atom is 0.300 e. The molecule has 2 aromatic rings. The van der Waals surface area contributed by atoms with Gasteiger partial charge in [-0.25, -0.2) is 0 Å². The van der Waals surface area contributed by atoms with E-state index in [1.165, 1.54) is 12.3 Å². The molecule has 0 bridgehead atoms. The normalized spacial score (nSPS) is 11.4. The van der Waals surface area contributed by atoms with Crippen LogP contribution in [0.25, 0.3) is 0 Å². The second-order valence-electron chi connectivity index (χ2n) is 3.67. The molecule has 88 valence electrons. The summed E-state index contributed by atoms with van der Waals surface area (Å²) in [6, 6.07) is 12.6. The van der Waals surface area contributed by atoms with Crippen molar-refractivity contribution in [2.45, 2.75) is 11.4 Å². The van der Waals surface area contributed by atoms with E-state index in [1.807, 2.05) is 30.3 Å². The van der Waals surface area contributed by atoms with E-state index in [0.717, 1.165) is 5.56 Å². The quantitative estimate of drug-likeness (QED) is 0.659. The zero-order chi connectivity index (χ0) is 12.3. The van der Waals surface area contributed by atoms with Crippen molar-refractivity contribution >= 4 is 10.1 Å². The van der Waals surface area contributed by atoms with Gasteiger partial charge in [0.15, 0.2) is 23.8 Å². The summed E-state index contributed by atoms with van der Waals surface area (Å²) in [5.74, 6) is 0. The predicted molar refractivity (Wildman–Crippen MR) is 62.0 cm³/mol. The van der Waals surface area contributed by atoms with Crippen LogP contribution >= 0.6 is 0 Å². The first-order valence-electron chi connectivity index (χ1n) is 5.06. The molecule has 2 rings (SSSR count). The summed E-state index contributed by atoms with van der Waals surface area (Å²) in [4.78, 5) is -0.101. The van der Waals surface area contributed by atoms with E-state index in [9.17, 15) is 8.42 Å². The van der Waals surface area contributed by atoms with Gasteiger partial charge in [-0.3, -0.25) is 4.55 Å². The fourth-order valence-corrected chi connectivity index (χ4v) is 2.06. The van der Waals surface area contributed by atoms with Gasteiger partial charge in [-0.05, 0) is 6.07 Å². The monoisotopic (exact) mass is 250 g/mol. The fraction of sp³-hybridized carbons (Fsp3) is 0.0833. The Morgan fingerprint density at radius 1 is 1.06 bits per heavy atom. The minimum absolute atomic E-state index is 0.101. The maximum atomic E-state index is 11.0. The highest BCUT2D eigenvalue weighted by atomic mass is 32.2. The van der Waals surface area contributed by atoms with Gasteiger partial charge in [-0.2, -0.15) is 13.0 Å². The van der Waals surface area contributed by atoms with Gasteiger partial charge >= 0.3 is 0 Å². The van der Waals surface area contributed by atoms with Crippen molar-refractivity contribution in [2.24, 2.45) is 0 Å². The van der Waals surface area contributed by atoms with Crippen molar-refractivity contribution in [3.63, 3.8) is 0 Å². The smallest absolute Gasteiger partial charge is 0.282 e. The number of aromatic nitrogens is 1. The molecular weight excluding hydrogens is 238 g/mol. The van der Waals surface area contributed by atoms with Crippen molar-refractivity contribution in [1.82, 2.24) is 0 Å². The standard InChI is InChI=1S/C12H11NO3S/c14-17(15,16)12-7-4-8-13(10-12)9-11-5-2-1-3-6-11/h1-8,10H,9H2/p+1. The molecule has 0 spiro atoms. The van der Waals surface area contributed by atoms with Crippen LogP contribution in [-0.2, 0) is 16.7 Å². The molecule has 5 heteroatoms. The van der Waals surface area contributed by atoms with Crippen LogP contribution in [0.3, 0.4) is 0 Å². The highest BCUT2D eigenvalue weighted by Gasteiger charge is 2.14. The zero-order valence-corrected chi connectivity index (χ0v) is 9.84. The first-order valence-corrected chi connectivity index (χ1v) is 6.50. The summed E-state index contributed by atoms with van der Waals surface area (Å²) < 4.78 is 32.6. The molecule has 0 radical (unpaired) electrons. The molecule has 17 heavy (non-hydrogen) atoms. The Kier molecular flexibility index (Phi) is 3.21. The average Bonchev–Trinajstić information content (AvgIpc) is 2.29. The van der Waals surface area contributed by atoms with Crippen molar-refractivity contribution < 1.29 is 17.5 Å². The molecule has 0 aliphatic carbocycles. The molecule has 1 aromatic heterocycles. The van der Waals surface area contributed by atoms with Gasteiger partial charge in [0.2, 0.25) is 0 Å². The lowest BCUT2D eigenvalue weighted by molar-refractivity contribution is -0.690. The molecule has 0 amide bonds. The molecule has 0 aliphatic heterocycles. The first-order chi connectivity index (χ1) is 8.05. The topological polar surface area (TPSA) is 58.3 Å². The predicted octanol–water partition coefficient (Wildman–Crippen LogP) is 1.27. The molecule has 1 aromatic carbocycles. The van der Waals surface area contributed by atoms with Gasteiger partial charge in [0.25, 0.3) is 10.1 Å². The summed E-state index contributed by atoms with van der Waals surface area (Å²) in [5.41, 5.74) is 1.06. The molecule has 0 unspecified atom stereocenters. The lowest BCUT2D eigenvalue weighted by Gasteiger charge is -1.99. The molecule has 0 atom stereocenters. The Morgan fingerprint density at radius 2 is 1.76 bits per heavy atom. The molecule has 0 saturated carbocycles. The highest BCUT2D eigenvalue weighted by Crippen LogP contribution is 2.04. The summed E-state index contributed by atoms with van der Waals surface area (Å²) >= 11 is 0. The van der Waals surface area contributed by atoms with Crippen LogP contribution in [-0.4, -0.2) is 13.0 Å². The molecule has 0 aliphatic rings. The SMILES string of the molecule is O=S(=O)(O)c1ccc[n+](Cc2ccccc2)c1. The van der Waals surface area contributed by atoms with E-state index in [0.29, 0.717) is 6.54 Å². The minimum atomic E-state index is -4.14. The van der Waals surface area contributed by atoms with Crippen LogP contribution in [0.1, 0.15) is 5.56 Å². The summed E-state index contributed by atoms with van der Waals surface area (Å²) in [6.45, 7) is 0.560. The van der Waals surface area contributed by atoms with Gasteiger partial charge in [-0.15, -0.1) is 0 Å². The molecular formula is C12H12NO3S+. The van der Waals surface area contributed by atoms with Crippen LogP contribution < -0.4 is 4.57 Å². The van der Waals surface area contributed by atoms with Gasteiger partial charge in [-0.1, -0.05) is 30.3 Å². The Bertz CT molecular complexity index is 609. The molecule has 0 fully saturated rings. The van der Waals surface area contributed by atoms with Gasteiger partial charge < -0.3 is 0 Å². The summed E-state index contributed by atoms with van der Waals surface area (Å²) in [5, 5.41) is 0. The number of benzene rings is 1. The molecule has 1 N–H and O–H groups in total. The van der Waals surface area contributed by atoms with E-state index in [-0.39, 0.29) is 4.90 Å². The average molecular weight is 250 g/mol. The second-order valence-corrected chi connectivity index (χ2v) is 5.09. The Hall–Kier alpha value is -1.72. The van der Waals surface area contributed by atoms with Gasteiger partial charge in [0.05, 0.1) is 0 Å². The van der Waals surface area contributed by atoms with Crippen LogP contribution in [0.15, 0.2) is 59.8 Å². The van der Waals surface area contributed by atoms with E-state index in [4.69, 9.17) is 4.55 Å².